The van der Waals surface area contributed by atoms with Gasteiger partial charge in [-0.2, -0.15) is 0 Å². The number of amides is 1. The van der Waals surface area contributed by atoms with Gasteiger partial charge < -0.3 is 15.1 Å². The normalized spacial score (nSPS) is 27.1. The zero-order valence-corrected chi connectivity index (χ0v) is 14.1. The molecule has 2 fully saturated rings. The fourth-order valence-corrected chi connectivity index (χ4v) is 3.88. The Bertz CT molecular complexity index is 332. The van der Waals surface area contributed by atoms with Gasteiger partial charge in [-0.3, -0.25) is 4.79 Å². The molecular weight excluding hydrogens is 262 g/mol. The van der Waals surface area contributed by atoms with Crippen LogP contribution < -0.4 is 5.32 Å². The van der Waals surface area contributed by atoms with Crippen LogP contribution in [0.25, 0.3) is 0 Å². The molecule has 2 aliphatic rings. The van der Waals surface area contributed by atoms with E-state index in [2.05, 4.69) is 31.0 Å². The lowest BCUT2D eigenvalue weighted by Gasteiger charge is -2.37. The third-order valence-corrected chi connectivity index (χ3v) is 5.00. The summed E-state index contributed by atoms with van der Waals surface area (Å²) in [5.41, 5.74) is 0. The molecule has 4 heteroatoms. The van der Waals surface area contributed by atoms with E-state index in [9.17, 15) is 4.79 Å². The predicted molar refractivity (Wildman–Crippen MR) is 87.3 cm³/mol. The molecule has 4 nitrogen and oxygen atoms in total. The molecule has 0 aromatic rings. The molecule has 3 atom stereocenters. The van der Waals surface area contributed by atoms with Crippen LogP contribution >= 0.6 is 0 Å². The van der Waals surface area contributed by atoms with E-state index in [0.717, 1.165) is 31.8 Å². The molecule has 1 N–H and O–H groups in total. The van der Waals surface area contributed by atoms with Crippen molar-refractivity contribution in [2.24, 2.45) is 5.92 Å². The van der Waals surface area contributed by atoms with E-state index < -0.39 is 0 Å². The molecule has 2 heterocycles. The number of nitrogens with one attached hydrogen (secondary N) is 1. The summed E-state index contributed by atoms with van der Waals surface area (Å²) < 4.78 is 0. The Labute approximate surface area is 130 Å². The molecule has 0 spiro atoms. The minimum absolute atomic E-state index is 0.336. The van der Waals surface area contributed by atoms with Gasteiger partial charge >= 0.3 is 0 Å². The van der Waals surface area contributed by atoms with Gasteiger partial charge in [0, 0.05) is 38.1 Å². The van der Waals surface area contributed by atoms with E-state index in [4.69, 9.17) is 0 Å². The van der Waals surface area contributed by atoms with Gasteiger partial charge in [0.25, 0.3) is 0 Å². The Morgan fingerprint density at radius 1 is 1.29 bits per heavy atom. The van der Waals surface area contributed by atoms with Crippen LogP contribution in [0.1, 0.15) is 52.9 Å². The maximum Gasteiger partial charge on any atom is 0.222 e. The number of rotatable bonds is 7. The van der Waals surface area contributed by atoms with Gasteiger partial charge in [-0.1, -0.05) is 6.92 Å². The van der Waals surface area contributed by atoms with E-state index in [1.165, 1.54) is 38.9 Å². The molecular formula is C17H33N3O. The minimum atomic E-state index is 0.336. The molecule has 0 radical (unpaired) electrons. The fourth-order valence-electron chi connectivity index (χ4n) is 3.88. The summed E-state index contributed by atoms with van der Waals surface area (Å²) in [6.45, 7) is 12.4. The van der Waals surface area contributed by atoms with Gasteiger partial charge in [0.05, 0.1) is 0 Å². The Kier molecular flexibility index (Phi) is 6.49. The summed E-state index contributed by atoms with van der Waals surface area (Å²) >= 11 is 0. The fraction of sp³-hybridized carbons (Fsp3) is 0.941. The van der Waals surface area contributed by atoms with Gasteiger partial charge in [0.2, 0.25) is 5.91 Å². The summed E-state index contributed by atoms with van der Waals surface area (Å²) in [4.78, 5) is 16.3. The van der Waals surface area contributed by atoms with Crippen molar-refractivity contribution in [3.63, 3.8) is 0 Å². The molecule has 0 saturated carbocycles. The SMILES string of the molecule is CCCN1CCCC(C(C)NC(C)CN2CCCC2=O)C1. The van der Waals surface area contributed by atoms with Crippen molar-refractivity contribution in [2.75, 3.05) is 32.7 Å². The highest BCUT2D eigenvalue weighted by molar-refractivity contribution is 5.78. The number of carbonyl (C=O) groups is 1. The predicted octanol–water partition coefficient (Wildman–Crippen LogP) is 2.10. The van der Waals surface area contributed by atoms with Crippen LogP contribution in [-0.2, 0) is 4.79 Å². The quantitative estimate of drug-likeness (QED) is 0.781. The maximum absolute atomic E-state index is 11.7. The monoisotopic (exact) mass is 295 g/mol. The van der Waals surface area contributed by atoms with Crippen LogP contribution in [-0.4, -0.2) is 60.5 Å². The summed E-state index contributed by atoms with van der Waals surface area (Å²) in [6, 6.07) is 0.931. The first kappa shape index (κ1) is 16.8. The number of hydrogen-bond acceptors (Lipinski definition) is 3. The zero-order chi connectivity index (χ0) is 15.2. The molecule has 122 valence electrons. The number of likely N-dealkylation sites (tertiary alicyclic amines) is 2. The van der Waals surface area contributed by atoms with Crippen LogP contribution in [0.5, 0.6) is 0 Å². The standard InChI is InChI=1S/C17H33N3O/c1-4-9-19-10-5-7-16(13-19)15(3)18-14(2)12-20-11-6-8-17(20)21/h14-16,18H,4-13H2,1-3H3. The Morgan fingerprint density at radius 3 is 2.76 bits per heavy atom. The van der Waals surface area contributed by atoms with Crippen molar-refractivity contribution in [2.45, 2.75) is 65.0 Å². The van der Waals surface area contributed by atoms with Gasteiger partial charge in [0.1, 0.15) is 0 Å². The molecule has 0 aromatic carbocycles. The second-order valence-electron chi connectivity index (χ2n) is 7.00. The summed E-state index contributed by atoms with van der Waals surface area (Å²) in [6.07, 6.45) is 5.70. The number of hydrogen-bond donors (Lipinski definition) is 1. The van der Waals surface area contributed by atoms with Crippen molar-refractivity contribution < 1.29 is 4.79 Å². The van der Waals surface area contributed by atoms with Crippen LogP contribution in [0.2, 0.25) is 0 Å². The average Bonchev–Trinajstić information content (AvgIpc) is 2.85. The third-order valence-electron chi connectivity index (χ3n) is 5.00. The van der Waals surface area contributed by atoms with Crippen molar-refractivity contribution in [1.29, 1.82) is 0 Å². The minimum Gasteiger partial charge on any atom is -0.341 e. The third kappa shape index (κ3) is 4.96. The summed E-state index contributed by atoms with van der Waals surface area (Å²) in [5, 5.41) is 3.74. The molecule has 1 amide bonds. The Hall–Kier alpha value is -0.610. The van der Waals surface area contributed by atoms with E-state index in [1.807, 2.05) is 4.90 Å². The van der Waals surface area contributed by atoms with Crippen LogP contribution in [0.3, 0.4) is 0 Å². The summed E-state index contributed by atoms with van der Waals surface area (Å²) in [7, 11) is 0. The average molecular weight is 295 g/mol. The van der Waals surface area contributed by atoms with Crippen molar-refractivity contribution in [3.05, 3.63) is 0 Å². The largest absolute Gasteiger partial charge is 0.341 e. The van der Waals surface area contributed by atoms with Gasteiger partial charge in [0.15, 0.2) is 0 Å². The molecule has 2 rings (SSSR count). The van der Waals surface area contributed by atoms with Crippen LogP contribution in [0.15, 0.2) is 0 Å². The van der Waals surface area contributed by atoms with Crippen molar-refractivity contribution >= 4 is 5.91 Å². The lowest BCUT2D eigenvalue weighted by atomic mass is 9.91. The molecule has 0 bridgehead atoms. The van der Waals surface area contributed by atoms with Crippen molar-refractivity contribution in [3.8, 4) is 0 Å². The first-order valence-electron chi connectivity index (χ1n) is 8.86. The molecule has 2 saturated heterocycles. The number of nitrogens with zero attached hydrogens (tertiary/aromatic N) is 2. The van der Waals surface area contributed by atoms with Gasteiger partial charge in [-0.05, 0) is 58.5 Å². The Morgan fingerprint density at radius 2 is 2.10 bits per heavy atom. The highest BCUT2D eigenvalue weighted by Gasteiger charge is 2.26. The zero-order valence-electron chi connectivity index (χ0n) is 14.1. The highest BCUT2D eigenvalue weighted by atomic mass is 16.2. The highest BCUT2D eigenvalue weighted by Crippen LogP contribution is 2.20. The summed E-state index contributed by atoms with van der Waals surface area (Å²) in [5.74, 6) is 1.09. The number of carbonyl (C=O) groups excluding carboxylic acids is 1. The molecule has 21 heavy (non-hydrogen) atoms. The molecule has 0 aromatic heterocycles. The Balaban J connectivity index is 1.74. The lowest BCUT2D eigenvalue weighted by molar-refractivity contribution is -0.128. The van der Waals surface area contributed by atoms with E-state index >= 15 is 0 Å². The second-order valence-corrected chi connectivity index (χ2v) is 7.00. The lowest BCUT2D eigenvalue weighted by Crippen LogP contribution is -2.49. The molecule has 3 unspecified atom stereocenters. The number of piperidine rings is 1. The first-order valence-corrected chi connectivity index (χ1v) is 8.86. The second kappa shape index (κ2) is 8.14. The van der Waals surface area contributed by atoms with Crippen molar-refractivity contribution in [1.82, 2.24) is 15.1 Å². The molecule has 0 aliphatic carbocycles. The van der Waals surface area contributed by atoms with Gasteiger partial charge in [-0.15, -0.1) is 0 Å². The van der Waals surface area contributed by atoms with E-state index in [1.54, 1.807) is 0 Å². The van der Waals surface area contributed by atoms with Gasteiger partial charge in [-0.25, -0.2) is 0 Å². The van der Waals surface area contributed by atoms with Crippen LogP contribution in [0.4, 0.5) is 0 Å². The molecule has 2 aliphatic heterocycles. The maximum atomic E-state index is 11.7. The topological polar surface area (TPSA) is 35.6 Å². The van der Waals surface area contributed by atoms with E-state index in [0.29, 0.717) is 18.0 Å². The first-order chi connectivity index (χ1) is 10.1. The smallest absolute Gasteiger partial charge is 0.222 e. The van der Waals surface area contributed by atoms with Crippen LogP contribution in [0, 0.1) is 5.92 Å². The van der Waals surface area contributed by atoms with E-state index in [-0.39, 0.29) is 0 Å².